The molecule has 160 valence electrons. The number of ether oxygens (including phenoxy) is 1. The Hall–Kier alpha value is -4.01. The summed E-state index contributed by atoms with van der Waals surface area (Å²) in [6.45, 7) is 1.70. The molecule has 31 heavy (non-hydrogen) atoms. The average molecular weight is 430 g/mol. The highest BCUT2D eigenvalue weighted by atomic mass is 19.4. The van der Waals surface area contributed by atoms with Crippen molar-refractivity contribution >= 4 is 23.6 Å². The van der Waals surface area contributed by atoms with Gasteiger partial charge in [-0.1, -0.05) is 30.3 Å². The summed E-state index contributed by atoms with van der Waals surface area (Å²) in [7, 11) is 0. The molecule has 0 fully saturated rings. The van der Waals surface area contributed by atoms with Crippen molar-refractivity contribution in [3.63, 3.8) is 0 Å². The molecule has 3 rings (SSSR count). The third kappa shape index (κ3) is 6.23. The number of anilines is 1. The van der Waals surface area contributed by atoms with Crippen molar-refractivity contribution < 1.29 is 31.9 Å². The van der Waals surface area contributed by atoms with E-state index in [2.05, 4.69) is 15.4 Å². The molecule has 9 heteroatoms. The Morgan fingerprint density at radius 2 is 1.65 bits per heavy atom. The van der Waals surface area contributed by atoms with Crippen molar-refractivity contribution in [3.05, 3.63) is 89.5 Å². The normalized spacial score (nSPS) is 11.7. The lowest BCUT2D eigenvalue weighted by atomic mass is 10.2. The molecule has 2 amide bonds. The van der Waals surface area contributed by atoms with Crippen LogP contribution in [0.4, 0.5) is 18.9 Å². The Bertz CT molecular complexity index is 1110. The predicted octanol–water partition coefficient (Wildman–Crippen LogP) is 4.90. The number of aryl methyl sites for hydroxylation is 1. The quantitative estimate of drug-likeness (QED) is 0.546. The van der Waals surface area contributed by atoms with Crippen LogP contribution in [0.3, 0.4) is 0 Å². The summed E-state index contributed by atoms with van der Waals surface area (Å²) in [4.78, 5) is 25.4. The van der Waals surface area contributed by atoms with E-state index in [9.17, 15) is 22.8 Å². The number of alkyl halides is 3. The minimum Gasteiger partial charge on any atom is -0.462 e. The Balaban J connectivity index is 1.88. The summed E-state index contributed by atoms with van der Waals surface area (Å²) < 4.78 is 47.3. The lowest BCUT2D eigenvalue weighted by molar-refractivity contribution is -0.274. The van der Waals surface area contributed by atoms with E-state index < -0.39 is 23.9 Å². The van der Waals surface area contributed by atoms with Crippen LogP contribution < -0.4 is 15.4 Å². The van der Waals surface area contributed by atoms with Gasteiger partial charge in [0.25, 0.3) is 11.8 Å². The molecule has 3 aromatic rings. The van der Waals surface area contributed by atoms with Gasteiger partial charge in [-0.25, -0.2) is 0 Å². The number of benzene rings is 2. The molecule has 1 heterocycles. The maximum atomic E-state index is 12.8. The molecule has 0 saturated carbocycles. The zero-order chi connectivity index (χ0) is 22.4. The largest absolute Gasteiger partial charge is 0.573 e. The number of nitrogens with one attached hydrogen (secondary N) is 2. The second-order valence-corrected chi connectivity index (χ2v) is 6.32. The van der Waals surface area contributed by atoms with Crippen molar-refractivity contribution in [1.82, 2.24) is 5.32 Å². The van der Waals surface area contributed by atoms with Gasteiger partial charge in [0.05, 0.1) is 5.69 Å². The molecule has 0 atom stereocenters. The zero-order valence-electron chi connectivity index (χ0n) is 16.2. The highest BCUT2D eigenvalue weighted by molar-refractivity contribution is 6.11. The van der Waals surface area contributed by atoms with Crippen molar-refractivity contribution in [3.8, 4) is 5.75 Å². The molecule has 6 nitrogen and oxygen atoms in total. The van der Waals surface area contributed by atoms with Crippen molar-refractivity contribution in [1.29, 1.82) is 0 Å². The Labute approximate surface area is 175 Å². The second kappa shape index (κ2) is 9.21. The van der Waals surface area contributed by atoms with Gasteiger partial charge in [-0.15, -0.1) is 13.2 Å². The molecule has 0 radical (unpaired) electrons. The van der Waals surface area contributed by atoms with Gasteiger partial charge in [0.2, 0.25) is 0 Å². The van der Waals surface area contributed by atoms with E-state index in [0.29, 0.717) is 5.76 Å². The molecule has 1 aromatic heterocycles. The van der Waals surface area contributed by atoms with Crippen molar-refractivity contribution in [2.75, 3.05) is 5.32 Å². The number of hydrogen-bond acceptors (Lipinski definition) is 4. The molecule has 0 aliphatic heterocycles. The van der Waals surface area contributed by atoms with Crippen LogP contribution in [0, 0.1) is 6.92 Å². The van der Waals surface area contributed by atoms with Gasteiger partial charge >= 0.3 is 6.36 Å². The molecule has 2 aromatic carbocycles. The van der Waals surface area contributed by atoms with Crippen LogP contribution in [0.1, 0.15) is 21.9 Å². The van der Waals surface area contributed by atoms with Crippen LogP contribution in [0.5, 0.6) is 5.75 Å². The van der Waals surface area contributed by atoms with Gasteiger partial charge < -0.3 is 19.8 Å². The molecule has 0 spiro atoms. The highest BCUT2D eigenvalue weighted by Gasteiger charge is 2.32. The molecule has 0 aliphatic carbocycles. The fraction of sp³-hybridized carbons (Fsp3) is 0.0909. The van der Waals surface area contributed by atoms with Crippen LogP contribution in [-0.4, -0.2) is 18.2 Å². The van der Waals surface area contributed by atoms with Crippen LogP contribution in [-0.2, 0) is 4.79 Å². The van der Waals surface area contributed by atoms with Crippen molar-refractivity contribution in [2.45, 2.75) is 13.3 Å². The number of para-hydroxylation sites is 2. The number of carbonyl (C=O) groups excluding carboxylic acids is 2. The first kappa shape index (κ1) is 21.7. The van der Waals surface area contributed by atoms with Gasteiger partial charge in [-0.3, -0.25) is 9.59 Å². The summed E-state index contributed by atoms with van der Waals surface area (Å²) in [6, 6.07) is 16.4. The fourth-order valence-corrected chi connectivity index (χ4v) is 2.59. The zero-order valence-corrected chi connectivity index (χ0v) is 16.2. The fourth-order valence-electron chi connectivity index (χ4n) is 2.59. The second-order valence-electron chi connectivity index (χ2n) is 6.32. The molecular weight excluding hydrogens is 413 g/mol. The van der Waals surface area contributed by atoms with Crippen LogP contribution in [0.25, 0.3) is 6.08 Å². The third-order valence-electron chi connectivity index (χ3n) is 3.94. The SMILES string of the molecule is Cc1ccc(C=C(NC(=O)c2ccccc2)C(=O)Nc2ccccc2OC(F)(F)F)o1. The molecule has 0 aliphatic rings. The van der Waals surface area contributed by atoms with Crippen LogP contribution in [0.2, 0.25) is 0 Å². The van der Waals surface area contributed by atoms with E-state index in [4.69, 9.17) is 4.42 Å². The number of furan rings is 1. The van der Waals surface area contributed by atoms with Crippen LogP contribution >= 0.6 is 0 Å². The van der Waals surface area contributed by atoms with Crippen LogP contribution in [0.15, 0.2) is 76.8 Å². The molecular formula is C22H17F3N2O4. The first-order valence-corrected chi connectivity index (χ1v) is 9.02. The maximum Gasteiger partial charge on any atom is 0.573 e. The first-order valence-electron chi connectivity index (χ1n) is 9.02. The molecule has 0 unspecified atom stereocenters. The predicted molar refractivity (Wildman–Crippen MR) is 107 cm³/mol. The van der Waals surface area contributed by atoms with E-state index in [-0.39, 0.29) is 22.7 Å². The molecule has 0 saturated heterocycles. The van der Waals surface area contributed by atoms with Gasteiger partial charge in [-0.05, 0) is 43.3 Å². The standard InChI is InChI=1S/C22H17F3N2O4/c1-14-11-12-16(30-14)13-18(27-20(28)15-7-3-2-4-8-15)21(29)26-17-9-5-6-10-19(17)31-22(23,24)25/h2-13H,1H3,(H,26,29)(H,27,28). The van der Waals surface area contributed by atoms with Gasteiger partial charge in [0.1, 0.15) is 17.2 Å². The minimum absolute atomic E-state index is 0.222. The van der Waals surface area contributed by atoms with E-state index in [1.165, 1.54) is 24.3 Å². The maximum absolute atomic E-state index is 12.8. The number of halogens is 3. The van der Waals surface area contributed by atoms with Crippen molar-refractivity contribution in [2.24, 2.45) is 0 Å². The Morgan fingerprint density at radius 3 is 2.29 bits per heavy atom. The molecule has 0 bridgehead atoms. The van der Waals surface area contributed by atoms with E-state index in [0.717, 1.165) is 6.07 Å². The van der Waals surface area contributed by atoms with Gasteiger partial charge in [0, 0.05) is 11.6 Å². The van der Waals surface area contributed by atoms with Gasteiger partial charge in [-0.2, -0.15) is 0 Å². The first-order chi connectivity index (χ1) is 14.7. The number of rotatable bonds is 6. The molecule has 2 N–H and O–H groups in total. The summed E-state index contributed by atoms with van der Waals surface area (Å²) in [5.74, 6) is -1.19. The van der Waals surface area contributed by atoms with E-state index in [1.807, 2.05) is 0 Å². The number of amides is 2. The lowest BCUT2D eigenvalue weighted by Crippen LogP contribution is -2.31. The topological polar surface area (TPSA) is 80.6 Å². The minimum atomic E-state index is -4.94. The summed E-state index contributed by atoms with van der Waals surface area (Å²) in [5.41, 5.74) is -0.164. The smallest absolute Gasteiger partial charge is 0.462 e. The van der Waals surface area contributed by atoms with E-state index >= 15 is 0 Å². The summed E-state index contributed by atoms with van der Waals surface area (Å²) in [6.07, 6.45) is -3.66. The third-order valence-corrected chi connectivity index (χ3v) is 3.94. The number of carbonyl (C=O) groups is 2. The average Bonchev–Trinajstić information content (AvgIpc) is 3.13. The summed E-state index contributed by atoms with van der Waals surface area (Å²) in [5, 5.41) is 4.79. The monoisotopic (exact) mass is 430 g/mol. The Kier molecular flexibility index (Phi) is 6.44. The van der Waals surface area contributed by atoms with E-state index in [1.54, 1.807) is 49.4 Å². The number of hydrogen-bond donors (Lipinski definition) is 2. The lowest BCUT2D eigenvalue weighted by Gasteiger charge is -2.15. The summed E-state index contributed by atoms with van der Waals surface area (Å²) >= 11 is 0. The highest BCUT2D eigenvalue weighted by Crippen LogP contribution is 2.30. The van der Waals surface area contributed by atoms with Gasteiger partial charge in [0.15, 0.2) is 5.75 Å². The Morgan fingerprint density at radius 1 is 0.968 bits per heavy atom.